The van der Waals surface area contributed by atoms with Crippen LogP contribution in [-0.2, 0) is 21.5 Å². The molecule has 1 rings (SSSR count). The number of carbonyl (C=O) groups excluding carboxylic acids is 1. The van der Waals surface area contributed by atoms with E-state index >= 15 is 0 Å². The monoisotopic (exact) mass is 415 g/mol. The van der Waals surface area contributed by atoms with Gasteiger partial charge in [-0.05, 0) is 25.7 Å². The van der Waals surface area contributed by atoms with Crippen LogP contribution < -0.4 is 5.73 Å². The maximum absolute atomic E-state index is 11.7. The van der Waals surface area contributed by atoms with E-state index in [1.807, 2.05) is 0 Å². The topological polar surface area (TPSA) is 115 Å². The maximum atomic E-state index is 11.7. The molecule has 0 aromatic carbocycles. The fourth-order valence-corrected chi connectivity index (χ4v) is 3.85. The summed E-state index contributed by atoms with van der Waals surface area (Å²) in [7, 11) is -4.27. The lowest BCUT2D eigenvalue weighted by Gasteiger charge is -2.13. The highest BCUT2D eigenvalue weighted by Gasteiger charge is 2.15. The van der Waals surface area contributed by atoms with Crippen molar-refractivity contribution in [3.63, 3.8) is 0 Å². The maximum Gasteiger partial charge on any atom is 0.364 e. The molecule has 8 heteroatoms. The summed E-state index contributed by atoms with van der Waals surface area (Å²) in [5.41, 5.74) is 6.14. The summed E-state index contributed by atoms with van der Waals surface area (Å²) in [5.74, 6) is -0.310. The van der Waals surface area contributed by atoms with Gasteiger partial charge in [-0.15, -0.1) is 0 Å². The van der Waals surface area contributed by atoms with Crippen LogP contribution in [0.2, 0.25) is 0 Å². The van der Waals surface area contributed by atoms with Crippen LogP contribution >= 0.6 is 0 Å². The second-order valence-corrected chi connectivity index (χ2v) is 8.95. The number of amides is 1. The van der Waals surface area contributed by atoms with Crippen molar-refractivity contribution < 1.29 is 17.8 Å². The zero-order valence-corrected chi connectivity index (χ0v) is 18.0. The van der Waals surface area contributed by atoms with Gasteiger partial charge in [0.25, 0.3) is 0 Å². The van der Waals surface area contributed by atoms with Gasteiger partial charge >= 0.3 is 10.3 Å². The molecule has 0 spiro atoms. The van der Waals surface area contributed by atoms with Crippen molar-refractivity contribution in [2.75, 3.05) is 0 Å². The van der Waals surface area contributed by atoms with E-state index in [1.54, 1.807) is 0 Å². The second kappa shape index (κ2) is 13.7. The summed E-state index contributed by atoms with van der Waals surface area (Å²) in [5, 5.41) is 0. The van der Waals surface area contributed by atoms with Gasteiger partial charge in [0, 0.05) is 12.1 Å². The largest absolute Gasteiger partial charge is 0.369 e. The van der Waals surface area contributed by atoms with Crippen molar-refractivity contribution in [1.29, 1.82) is 0 Å². The number of rotatable bonds is 17. The van der Waals surface area contributed by atoms with E-state index in [4.69, 9.17) is 10.3 Å². The number of hydrogen-bond acceptors (Lipinski definition) is 4. The SMILES string of the molecule is CCCCCCCCCCCC(CCCCc1cn(S(=O)(=O)O)cn1)C(N)=O. The first-order valence-corrected chi connectivity index (χ1v) is 12.0. The molecule has 0 saturated heterocycles. The van der Waals surface area contributed by atoms with Crippen molar-refractivity contribution in [2.24, 2.45) is 11.7 Å². The Kier molecular flexibility index (Phi) is 12.1. The molecule has 1 amide bonds. The van der Waals surface area contributed by atoms with Gasteiger partial charge in [-0.3, -0.25) is 9.35 Å². The number of unbranched alkanes of at least 4 members (excludes halogenated alkanes) is 9. The van der Waals surface area contributed by atoms with Gasteiger partial charge in [0.05, 0.1) is 5.69 Å². The van der Waals surface area contributed by atoms with Gasteiger partial charge in [-0.1, -0.05) is 71.1 Å². The number of nitrogens with zero attached hydrogens (tertiary/aromatic N) is 2. The average molecular weight is 416 g/mol. The van der Waals surface area contributed by atoms with E-state index in [1.165, 1.54) is 51.1 Å². The summed E-state index contributed by atoms with van der Waals surface area (Å²) in [6.07, 6.45) is 17.5. The van der Waals surface area contributed by atoms with Crippen molar-refractivity contribution in [3.05, 3.63) is 18.2 Å². The number of aryl methyl sites for hydroxylation is 1. The van der Waals surface area contributed by atoms with Gasteiger partial charge in [0.2, 0.25) is 5.91 Å². The van der Waals surface area contributed by atoms with Crippen LogP contribution in [0.25, 0.3) is 0 Å². The van der Waals surface area contributed by atoms with Crippen LogP contribution in [-0.4, -0.2) is 27.8 Å². The third kappa shape index (κ3) is 10.8. The fourth-order valence-electron chi connectivity index (χ4n) is 3.43. The molecular formula is C20H37N3O4S. The van der Waals surface area contributed by atoms with Crippen LogP contribution in [0.1, 0.15) is 96.1 Å². The smallest absolute Gasteiger partial charge is 0.364 e. The molecule has 1 aromatic heterocycles. The minimum absolute atomic E-state index is 0.0834. The molecule has 0 bridgehead atoms. The number of aromatic nitrogens is 2. The first-order valence-electron chi connectivity index (χ1n) is 10.6. The van der Waals surface area contributed by atoms with Gasteiger partial charge < -0.3 is 5.73 Å². The minimum Gasteiger partial charge on any atom is -0.369 e. The molecule has 0 aliphatic rings. The third-order valence-corrected chi connectivity index (χ3v) is 5.91. The van der Waals surface area contributed by atoms with E-state index in [9.17, 15) is 13.2 Å². The van der Waals surface area contributed by atoms with Crippen LogP contribution in [0.4, 0.5) is 0 Å². The molecule has 0 saturated carbocycles. The lowest BCUT2D eigenvalue weighted by molar-refractivity contribution is -0.122. The average Bonchev–Trinajstić information content (AvgIpc) is 3.11. The Labute approximate surface area is 170 Å². The number of hydrogen-bond donors (Lipinski definition) is 2. The Balaban J connectivity index is 2.14. The molecule has 3 N–H and O–H groups in total. The van der Waals surface area contributed by atoms with E-state index in [0.29, 0.717) is 16.1 Å². The van der Waals surface area contributed by atoms with Crippen LogP contribution in [0.15, 0.2) is 12.5 Å². The summed E-state index contributed by atoms with van der Waals surface area (Å²) >= 11 is 0. The summed E-state index contributed by atoms with van der Waals surface area (Å²) < 4.78 is 31.6. The second-order valence-electron chi connectivity index (χ2n) is 7.63. The van der Waals surface area contributed by atoms with Crippen molar-refractivity contribution in [2.45, 2.75) is 96.8 Å². The molecule has 0 fully saturated rings. The normalized spacial score (nSPS) is 12.9. The molecule has 0 radical (unpaired) electrons. The predicted molar refractivity (Wildman–Crippen MR) is 111 cm³/mol. The van der Waals surface area contributed by atoms with Gasteiger partial charge in [-0.2, -0.15) is 8.42 Å². The molecule has 7 nitrogen and oxygen atoms in total. The van der Waals surface area contributed by atoms with Gasteiger partial charge in [-0.25, -0.2) is 8.96 Å². The number of nitrogens with two attached hydrogens (primary N) is 1. The molecule has 0 aliphatic heterocycles. The molecule has 1 atom stereocenters. The Morgan fingerprint density at radius 1 is 1.04 bits per heavy atom. The first kappa shape index (κ1) is 24.6. The minimum atomic E-state index is -4.27. The molecular weight excluding hydrogens is 378 g/mol. The number of carbonyl (C=O) groups is 1. The predicted octanol–water partition coefficient (Wildman–Crippen LogP) is 4.27. The summed E-state index contributed by atoms with van der Waals surface area (Å²) in [6.45, 7) is 2.23. The Hall–Kier alpha value is -1.41. The van der Waals surface area contributed by atoms with Gasteiger partial charge in [0.1, 0.15) is 6.33 Å². The van der Waals surface area contributed by atoms with Crippen molar-refractivity contribution >= 4 is 16.2 Å². The quantitative estimate of drug-likeness (QED) is 0.291. The molecule has 1 heterocycles. The van der Waals surface area contributed by atoms with E-state index in [0.717, 1.165) is 44.9 Å². The Morgan fingerprint density at radius 3 is 2.07 bits per heavy atom. The summed E-state index contributed by atoms with van der Waals surface area (Å²) in [6, 6.07) is 0. The zero-order chi connectivity index (χ0) is 20.8. The lowest BCUT2D eigenvalue weighted by atomic mass is 9.94. The highest BCUT2D eigenvalue weighted by Crippen LogP contribution is 2.19. The van der Waals surface area contributed by atoms with E-state index < -0.39 is 10.3 Å². The standard InChI is InChI=1S/C20H37N3O4S/c1-2-3-4-5-6-7-8-9-10-13-18(20(21)24)14-11-12-15-19-16-23(17-22-19)28(25,26)27/h16-18H,2-15H2,1H3,(H2,21,24)(H,25,26,27). The van der Waals surface area contributed by atoms with Crippen LogP contribution in [0.3, 0.4) is 0 Å². The molecule has 162 valence electrons. The highest BCUT2D eigenvalue weighted by molar-refractivity contribution is 7.84. The van der Waals surface area contributed by atoms with E-state index in [-0.39, 0.29) is 11.8 Å². The van der Waals surface area contributed by atoms with Crippen LogP contribution in [0.5, 0.6) is 0 Å². The zero-order valence-electron chi connectivity index (χ0n) is 17.2. The van der Waals surface area contributed by atoms with Gasteiger partial charge in [0.15, 0.2) is 0 Å². The lowest BCUT2D eigenvalue weighted by Crippen LogP contribution is -2.23. The van der Waals surface area contributed by atoms with Crippen LogP contribution in [0, 0.1) is 5.92 Å². The highest BCUT2D eigenvalue weighted by atomic mass is 32.2. The summed E-state index contributed by atoms with van der Waals surface area (Å²) in [4.78, 5) is 15.6. The van der Waals surface area contributed by atoms with E-state index in [2.05, 4.69) is 11.9 Å². The first-order chi connectivity index (χ1) is 13.3. The fraction of sp³-hybridized carbons (Fsp3) is 0.800. The molecule has 28 heavy (non-hydrogen) atoms. The Bertz CT molecular complexity index is 658. The molecule has 1 unspecified atom stereocenters. The number of primary amides is 1. The van der Waals surface area contributed by atoms with Crippen molar-refractivity contribution in [3.8, 4) is 0 Å². The number of imidazole rings is 1. The van der Waals surface area contributed by atoms with Crippen molar-refractivity contribution in [1.82, 2.24) is 8.96 Å². The molecule has 1 aromatic rings. The third-order valence-electron chi connectivity index (χ3n) is 5.17. The molecule has 0 aliphatic carbocycles. The Morgan fingerprint density at radius 2 is 1.57 bits per heavy atom.